The lowest BCUT2D eigenvalue weighted by molar-refractivity contribution is -0.137. The van der Waals surface area contributed by atoms with Gasteiger partial charge in [-0.2, -0.15) is 0 Å². The molecular formula is C17H29N3O4. The Morgan fingerprint density at radius 1 is 1.12 bits per heavy atom. The molecule has 2 unspecified atom stereocenters. The van der Waals surface area contributed by atoms with Gasteiger partial charge >= 0.3 is 6.09 Å². The summed E-state index contributed by atoms with van der Waals surface area (Å²) in [5.74, 6) is 0.0970. The predicted molar refractivity (Wildman–Crippen MR) is 89.4 cm³/mol. The van der Waals surface area contributed by atoms with Gasteiger partial charge in [-0.3, -0.25) is 9.59 Å². The van der Waals surface area contributed by atoms with Crippen LogP contribution < -0.4 is 11.1 Å². The van der Waals surface area contributed by atoms with Gasteiger partial charge in [0.15, 0.2) is 5.78 Å². The lowest BCUT2D eigenvalue weighted by atomic mass is 10.0. The number of hydrogen-bond donors (Lipinski definition) is 2. The van der Waals surface area contributed by atoms with E-state index in [0.717, 1.165) is 38.5 Å². The van der Waals surface area contributed by atoms with E-state index in [1.54, 1.807) is 4.90 Å². The van der Waals surface area contributed by atoms with Crippen LogP contribution in [-0.2, 0) is 14.3 Å². The fourth-order valence-electron chi connectivity index (χ4n) is 3.42. The third kappa shape index (κ3) is 5.47. The van der Waals surface area contributed by atoms with Crippen LogP contribution in [0.1, 0.15) is 57.8 Å². The molecule has 136 valence electrons. The first kappa shape index (κ1) is 18.7. The van der Waals surface area contributed by atoms with Crippen LogP contribution in [0.5, 0.6) is 0 Å². The molecule has 0 spiro atoms. The van der Waals surface area contributed by atoms with Gasteiger partial charge in [0.05, 0.1) is 12.6 Å². The summed E-state index contributed by atoms with van der Waals surface area (Å²) >= 11 is 0. The third-order valence-electron chi connectivity index (χ3n) is 4.71. The number of alkyl carbamates (subject to hydrolysis) is 1. The maximum absolute atomic E-state index is 12.5. The molecule has 0 saturated carbocycles. The number of carbonyl (C=O) groups is 3. The zero-order chi connectivity index (χ0) is 17.4. The lowest BCUT2D eigenvalue weighted by Gasteiger charge is -2.24. The smallest absolute Gasteiger partial charge is 0.407 e. The molecule has 2 atom stereocenters. The van der Waals surface area contributed by atoms with Crippen molar-refractivity contribution < 1.29 is 19.1 Å². The normalized spacial score (nSPS) is 26.3. The minimum Gasteiger partial charge on any atom is -0.444 e. The fourth-order valence-corrected chi connectivity index (χ4v) is 3.42. The summed E-state index contributed by atoms with van der Waals surface area (Å²) < 4.78 is 5.34. The topological polar surface area (TPSA) is 102 Å². The number of Topliss-reactive ketones (excluding diaryl/α,β-unsaturated/α-hetero) is 1. The molecule has 7 nitrogen and oxygen atoms in total. The standard InChI is InChI=1S/C17H29N3O4/c18-9-10-19-17(23)24-13-11-14-15(21)7-5-3-1-2-4-6-8-16(22)20(14)12-13/h13-14H,1-12,18H2,(H,19,23). The average Bonchev–Trinajstić information content (AvgIpc) is 2.97. The molecule has 0 aromatic heterocycles. The van der Waals surface area contributed by atoms with Gasteiger partial charge in [0.2, 0.25) is 5.91 Å². The number of amides is 2. The minimum atomic E-state index is -0.538. The summed E-state index contributed by atoms with van der Waals surface area (Å²) in [6.07, 6.45) is 6.51. The number of rotatable bonds is 3. The van der Waals surface area contributed by atoms with E-state index in [0.29, 0.717) is 38.9 Å². The quantitative estimate of drug-likeness (QED) is 0.808. The van der Waals surface area contributed by atoms with E-state index in [4.69, 9.17) is 10.5 Å². The van der Waals surface area contributed by atoms with Gasteiger partial charge in [0, 0.05) is 32.4 Å². The Labute approximate surface area is 143 Å². The second-order valence-electron chi connectivity index (χ2n) is 6.63. The van der Waals surface area contributed by atoms with Crippen LogP contribution in [-0.4, -0.2) is 54.5 Å². The van der Waals surface area contributed by atoms with Crippen molar-refractivity contribution in [1.82, 2.24) is 10.2 Å². The van der Waals surface area contributed by atoms with Gasteiger partial charge in [0.25, 0.3) is 0 Å². The van der Waals surface area contributed by atoms with E-state index >= 15 is 0 Å². The van der Waals surface area contributed by atoms with Crippen molar-refractivity contribution in [2.75, 3.05) is 19.6 Å². The van der Waals surface area contributed by atoms with E-state index < -0.39 is 18.2 Å². The first-order chi connectivity index (χ1) is 11.6. The molecule has 7 heteroatoms. The second kappa shape index (κ2) is 9.61. The predicted octanol–water partition coefficient (Wildman–Crippen LogP) is 1.34. The van der Waals surface area contributed by atoms with E-state index in [9.17, 15) is 14.4 Å². The van der Waals surface area contributed by atoms with Gasteiger partial charge in [-0.1, -0.05) is 25.7 Å². The second-order valence-corrected chi connectivity index (χ2v) is 6.63. The van der Waals surface area contributed by atoms with Crippen LogP contribution in [0, 0.1) is 0 Å². The number of hydrogen-bond acceptors (Lipinski definition) is 5. The molecular weight excluding hydrogens is 310 g/mol. The Bertz CT molecular complexity index is 425. The first-order valence-corrected chi connectivity index (χ1v) is 9.08. The van der Waals surface area contributed by atoms with E-state index in [-0.39, 0.29) is 11.7 Å². The van der Waals surface area contributed by atoms with Gasteiger partial charge in [-0.05, 0) is 12.8 Å². The van der Waals surface area contributed by atoms with E-state index in [1.165, 1.54) is 0 Å². The molecule has 2 aliphatic rings. The summed E-state index contributed by atoms with van der Waals surface area (Å²) in [5.41, 5.74) is 5.34. The van der Waals surface area contributed by atoms with Crippen molar-refractivity contribution in [3.05, 3.63) is 0 Å². The molecule has 24 heavy (non-hydrogen) atoms. The molecule has 0 bridgehead atoms. The Morgan fingerprint density at radius 3 is 2.50 bits per heavy atom. The summed E-state index contributed by atoms with van der Waals surface area (Å²) in [6, 6.07) is -0.441. The third-order valence-corrected chi connectivity index (χ3v) is 4.71. The lowest BCUT2D eigenvalue weighted by Crippen LogP contribution is -2.40. The molecule has 3 N–H and O–H groups in total. The molecule has 2 heterocycles. The molecule has 2 saturated heterocycles. The fraction of sp³-hybridized carbons (Fsp3) is 0.824. The number of fused-ring (bicyclic) bond motifs is 1. The number of nitrogens with one attached hydrogen (secondary N) is 1. The van der Waals surface area contributed by atoms with Crippen LogP contribution in [0.4, 0.5) is 4.79 Å². The monoisotopic (exact) mass is 339 g/mol. The SMILES string of the molecule is NCCNC(=O)OC1CC2C(=O)CCCCCCCCC(=O)N2C1. The maximum Gasteiger partial charge on any atom is 0.407 e. The Morgan fingerprint density at radius 2 is 1.79 bits per heavy atom. The zero-order valence-corrected chi connectivity index (χ0v) is 14.3. The highest BCUT2D eigenvalue weighted by atomic mass is 16.6. The Hall–Kier alpha value is -1.63. The molecule has 2 aliphatic heterocycles. The van der Waals surface area contributed by atoms with E-state index in [2.05, 4.69) is 5.32 Å². The highest BCUT2D eigenvalue weighted by Gasteiger charge is 2.40. The van der Waals surface area contributed by atoms with E-state index in [1.807, 2.05) is 0 Å². The molecule has 0 aromatic rings. The summed E-state index contributed by atoms with van der Waals surface area (Å²) in [4.78, 5) is 38.3. The van der Waals surface area contributed by atoms with Gasteiger partial charge in [-0.25, -0.2) is 4.79 Å². The van der Waals surface area contributed by atoms with Crippen molar-refractivity contribution in [3.8, 4) is 0 Å². The van der Waals surface area contributed by atoms with Crippen molar-refractivity contribution in [1.29, 1.82) is 0 Å². The molecule has 2 amide bonds. The van der Waals surface area contributed by atoms with Crippen molar-refractivity contribution in [3.63, 3.8) is 0 Å². The van der Waals surface area contributed by atoms with Crippen LogP contribution in [0.15, 0.2) is 0 Å². The Balaban J connectivity index is 1.97. The minimum absolute atomic E-state index is 0.00221. The highest BCUT2D eigenvalue weighted by molar-refractivity contribution is 5.89. The number of ether oxygens (including phenoxy) is 1. The molecule has 2 fully saturated rings. The molecule has 0 aromatic carbocycles. The number of nitrogens with two attached hydrogens (primary N) is 1. The summed E-state index contributed by atoms with van der Waals surface area (Å²) in [6.45, 7) is 0.993. The van der Waals surface area contributed by atoms with Crippen LogP contribution >= 0.6 is 0 Å². The largest absolute Gasteiger partial charge is 0.444 e. The van der Waals surface area contributed by atoms with Gasteiger partial charge in [0.1, 0.15) is 6.10 Å². The van der Waals surface area contributed by atoms with Gasteiger partial charge < -0.3 is 20.7 Å². The highest BCUT2D eigenvalue weighted by Crippen LogP contribution is 2.25. The molecule has 2 rings (SSSR count). The zero-order valence-electron chi connectivity index (χ0n) is 14.3. The van der Waals surface area contributed by atoms with Crippen molar-refractivity contribution >= 4 is 17.8 Å². The number of nitrogens with zero attached hydrogens (tertiary/aromatic N) is 1. The van der Waals surface area contributed by atoms with Crippen LogP contribution in [0.3, 0.4) is 0 Å². The van der Waals surface area contributed by atoms with Crippen molar-refractivity contribution in [2.24, 2.45) is 5.73 Å². The summed E-state index contributed by atoms with van der Waals surface area (Å²) in [5, 5.41) is 2.55. The molecule has 0 radical (unpaired) electrons. The average molecular weight is 339 g/mol. The maximum atomic E-state index is 12.5. The molecule has 0 aliphatic carbocycles. The van der Waals surface area contributed by atoms with Gasteiger partial charge in [-0.15, -0.1) is 0 Å². The van der Waals surface area contributed by atoms with Crippen LogP contribution in [0.2, 0.25) is 0 Å². The van der Waals surface area contributed by atoms with Crippen LogP contribution in [0.25, 0.3) is 0 Å². The first-order valence-electron chi connectivity index (χ1n) is 9.08. The van der Waals surface area contributed by atoms with Crippen molar-refractivity contribution in [2.45, 2.75) is 69.9 Å². The number of ketones is 1. The summed E-state index contributed by atoms with van der Waals surface area (Å²) in [7, 11) is 0. The number of carbonyl (C=O) groups excluding carboxylic acids is 3. The Kier molecular flexibility index (Phi) is 7.49.